The molecule has 4 rings (SSSR count). The number of anilines is 1. The first kappa shape index (κ1) is 20.0. The molecule has 4 nitrogen and oxygen atoms in total. The van der Waals surface area contributed by atoms with Crippen molar-refractivity contribution in [3.05, 3.63) is 83.4 Å². The molecule has 1 aliphatic rings. The molecule has 1 atom stereocenters. The summed E-state index contributed by atoms with van der Waals surface area (Å²) in [6.45, 7) is 0. The van der Waals surface area contributed by atoms with Gasteiger partial charge in [0.2, 0.25) is 0 Å². The van der Waals surface area contributed by atoms with Crippen LogP contribution in [-0.2, 0) is 6.42 Å². The lowest BCUT2D eigenvalue weighted by molar-refractivity contribution is 0.0698. The zero-order valence-corrected chi connectivity index (χ0v) is 16.9. The van der Waals surface area contributed by atoms with Gasteiger partial charge in [-0.2, -0.15) is 0 Å². The molecule has 2 aromatic carbocycles. The third-order valence-electron chi connectivity index (χ3n) is 4.97. The van der Waals surface area contributed by atoms with E-state index in [1.807, 2.05) is 0 Å². The van der Waals surface area contributed by atoms with Crippen molar-refractivity contribution in [3.8, 4) is 12.0 Å². The van der Waals surface area contributed by atoms with Crippen molar-refractivity contribution in [3.63, 3.8) is 0 Å². The number of aromatic nitrogens is 1. The highest BCUT2D eigenvalue weighted by Gasteiger charge is 2.19. The van der Waals surface area contributed by atoms with Crippen LogP contribution in [0.15, 0.2) is 70.7 Å². The SMILES string of the molecule is O=C(O)c1ccncc1NC#CC1CCCc2cc(Sc3ccc(F)cc3)ccc21. The Kier molecular flexibility index (Phi) is 6.01. The number of carbonyl (C=O) groups is 1. The number of pyridine rings is 1. The minimum absolute atomic E-state index is 0.0936. The summed E-state index contributed by atoms with van der Waals surface area (Å²) in [7, 11) is 0. The molecule has 6 heteroatoms. The van der Waals surface area contributed by atoms with Gasteiger partial charge in [-0.25, -0.2) is 9.18 Å². The largest absolute Gasteiger partial charge is 0.478 e. The average molecular weight is 418 g/mol. The lowest BCUT2D eigenvalue weighted by atomic mass is 9.83. The van der Waals surface area contributed by atoms with Gasteiger partial charge in [-0.3, -0.25) is 4.98 Å². The quantitative estimate of drug-likeness (QED) is 0.429. The molecular formula is C24H19FN2O2S. The molecule has 1 aliphatic carbocycles. The van der Waals surface area contributed by atoms with Crippen molar-refractivity contribution in [1.29, 1.82) is 0 Å². The van der Waals surface area contributed by atoms with Gasteiger partial charge in [0.25, 0.3) is 0 Å². The van der Waals surface area contributed by atoms with Crippen LogP contribution in [-0.4, -0.2) is 16.1 Å². The molecule has 0 aliphatic heterocycles. The van der Waals surface area contributed by atoms with Crippen LogP contribution in [0.25, 0.3) is 0 Å². The number of nitrogens with one attached hydrogen (secondary N) is 1. The summed E-state index contributed by atoms with van der Waals surface area (Å²) >= 11 is 1.61. The van der Waals surface area contributed by atoms with E-state index in [-0.39, 0.29) is 17.3 Å². The molecule has 0 saturated heterocycles. The number of carboxylic acid groups (broad SMARTS) is 1. The first-order valence-electron chi connectivity index (χ1n) is 9.60. The van der Waals surface area contributed by atoms with Crippen LogP contribution in [0.5, 0.6) is 0 Å². The number of halogens is 1. The van der Waals surface area contributed by atoms with E-state index >= 15 is 0 Å². The van der Waals surface area contributed by atoms with E-state index in [4.69, 9.17) is 0 Å². The van der Waals surface area contributed by atoms with Crippen molar-refractivity contribution in [2.24, 2.45) is 0 Å². The highest BCUT2D eigenvalue weighted by molar-refractivity contribution is 7.99. The third kappa shape index (κ3) is 4.64. The summed E-state index contributed by atoms with van der Waals surface area (Å²) in [6, 6.07) is 17.3. The highest BCUT2D eigenvalue weighted by atomic mass is 32.2. The Hall–Kier alpha value is -3.30. The van der Waals surface area contributed by atoms with Crippen LogP contribution >= 0.6 is 11.8 Å². The Morgan fingerprint density at radius 1 is 1.17 bits per heavy atom. The third-order valence-corrected chi connectivity index (χ3v) is 5.97. The summed E-state index contributed by atoms with van der Waals surface area (Å²) in [5.41, 5.74) is 3.02. The van der Waals surface area contributed by atoms with Crippen molar-refractivity contribution < 1.29 is 14.3 Å². The molecule has 150 valence electrons. The fourth-order valence-electron chi connectivity index (χ4n) is 3.51. The van der Waals surface area contributed by atoms with Crippen LogP contribution in [0, 0.1) is 17.8 Å². The number of fused-ring (bicyclic) bond motifs is 1. The van der Waals surface area contributed by atoms with Crippen LogP contribution in [0.4, 0.5) is 10.1 Å². The Bertz CT molecular complexity index is 1140. The average Bonchev–Trinajstić information content (AvgIpc) is 2.75. The fourth-order valence-corrected chi connectivity index (χ4v) is 4.40. The fraction of sp³-hybridized carbons (Fsp3) is 0.167. The second-order valence-corrected chi connectivity index (χ2v) is 8.13. The van der Waals surface area contributed by atoms with E-state index in [0.29, 0.717) is 5.69 Å². The van der Waals surface area contributed by atoms with Gasteiger partial charge < -0.3 is 10.4 Å². The van der Waals surface area contributed by atoms with Crippen molar-refractivity contribution in [1.82, 2.24) is 4.98 Å². The summed E-state index contributed by atoms with van der Waals surface area (Å²) in [4.78, 5) is 17.4. The molecule has 1 aromatic heterocycles. The maximum atomic E-state index is 13.1. The minimum Gasteiger partial charge on any atom is -0.478 e. The number of rotatable bonds is 4. The molecule has 2 N–H and O–H groups in total. The van der Waals surface area contributed by atoms with Gasteiger partial charge in [0, 0.05) is 28.0 Å². The summed E-state index contributed by atoms with van der Waals surface area (Å²) in [5.74, 6) is 2.08. The van der Waals surface area contributed by atoms with E-state index < -0.39 is 5.97 Å². The number of aromatic carboxylic acids is 1. The topological polar surface area (TPSA) is 62.2 Å². The van der Waals surface area contributed by atoms with Crippen LogP contribution in [0.1, 0.15) is 40.2 Å². The first-order chi connectivity index (χ1) is 14.6. The van der Waals surface area contributed by atoms with Gasteiger partial charge in [-0.15, -0.1) is 0 Å². The summed E-state index contributed by atoms with van der Waals surface area (Å²) in [6.07, 6.45) is 5.92. The molecular weight excluding hydrogens is 399 g/mol. The monoisotopic (exact) mass is 418 g/mol. The van der Waals surface area contributed by atoms with E-state index in [2.05, 4.69) is 40.5 Å². The Morgan fingerprint density at radius 3 is 2.77 bits per heavy atom. The number of hydrogen-bond donors (Lipinski definition) is 2. The molecule has 0 saturated carbocycles. The number of benzene rings is 2. The van der Waals surface area contributed by atoms with Crippen molar-refractivity contribution >= 4 is 23.4 Å². The molecule has 0 radical (unpaired) electrons. The van der Waals surface area contributed by atoms with Gasteiger partial charge in [-0.1, -0.05) is 23.7 Å². The standard InChI is InChI=1S/C24H19FN2O2S/c25-18-4-6-19(7-5-18)30-20-8-9-21-16(2-1-3-17(21)14-20)10-13-27-23-15-26-12-11-22(23)24(28)29/h4-9,11-12,14-16,27H,1-3H2,(H,28,29). The number of carboxylic acids is 1. The molecule has 3 aromatic rings. The molecule has 1 unspecified atom stereocenters. The predicted octanol–water partition coefficient (Wildman–Crippen LogP) is 5.56. The molecule has 0 bridgehead atoms. The van der Waals surface area contributed by atoms with Gasteiger partial charge in [-0.05, 0) is 72.9 Å². The predicted molar refractivity (Wildman–Crippen MR) is 115 cm³/mol. The van der Waals surface area contributed by atoms with Crippen LogP contribution in [0.2, 0.25) is 0 Å². The van der Waals surface area contributed by atoms with Gasteiger partial charge in [0.1, 0.15) is 5.82 Å². The maximum absolute atomic E-state index is 13.1. The summed E-state index contributed by atoms with van der Waals surface area (Å²) in [5, 5.41) is 12.1. The van der Waals surface area contributed by atoms with Gasteiger partial charge in [0.15, 0.2) is 0 Å². The highest BCUT2D eigenvalue weighted by Crippen LogP contribution is 2.36. The second kappa shape index (κ2) is 9.02. The minimum atomic E-state index is -1.02. The van der Waals surface area contributed by atoms with Crippen molar-refractivity contribution in [2.45, 2.75) is 35.0 Å². The zero-order chi connectivity index (χ0) is 20.9. The zero-order valence-electron chi connectivity index (χ0n) is 16.1. The molecule has 0 spiro atoms. The van der Waals surface area contributed by atoms with E-state index in [1.165, 1.54) is 41.7 Å². The summed E-state index contributed by atoms with van der Waals surface area (Å²) < 4.78 is 13.1. The van der Waals surface area contributed by atoms with Crippen LogP contribution in [0.3, 0.4) is 0 Å². The molecule has 0 amide bonds. The molecule has 1 heterocycles. The van der Waals surface area contributed by atoms with Crippen LogP contribution < -0.4 is 5.32 Å². The molecule has 0 fully saturated rings. The van der Waals surface area contributed by atoms with E-state index in [0.717, 1.165) is 29.1 Å². The number of aryl methyl sites for hydroxylation is 1. The Labute approximate surface area is 178 Å². The van der Waals surface area contributed by atoms with E-state index in [9.17, 15) is 14.3 Å². The maximum Gasteiger partial charge on any atom is 0.337 e. The van der Waals surface area contributed by atoms with Gasteiger partial charge >= 0.3 is 5.97 Å². The lowest BCUT2D eigenvalue weighted by Crippen LogP contribution is -2.09. The smallest absolute Gasteiger partial charge is 0.337 e. The first-order valence-corrected chi connectivity index (χ1v) is 10.4. The Morgan fingerprint density at radius 2 is 1.97 bits per heavy atom. The Balaban J connectivity index is 1.50. The normalized spacial score (nSPS) is 14.9. The molecule has 30 heavy (non-hydrogen) atoms. The lowest BCUT2D eigenvalue weighted by Gasteiger charge is -2.22. The number of nitrogens with zero attached hydrogens (tertiary/aromatic N) is 1. The second-order valence-electron chi connectivity index (χ2n) is 6.98. The number of hydrogen-bond acceptors (Lipinski definition) is 4. The van der Waals surface area contributed by atoms with Crippen molar-refractivity contribution in [2.75, 3.05) is 5.32 Å². The van der Waals surface area contributed by atoms with Gasteiger partial charge in [0.05, 0.1) is 17.4 Å². The van der Waals surface area contributed by atoms with E-state index in [1.54, 1.807) is 23.9 Å².